The maximum Gasteiger partial charge on any atom is -1.00 e. The smallest absolute Gasteiger partial charge is 1.00 e. The van der Waals surface area contributed by atoms with Crippen LogP contribution in [0.4, 0.5) is 0 Å². The normalized spacial score (nSPS) is 8.85. The number of rotatable bonds is 2. The zero-order chi connectivity index (χ0) is 8.97. The van der Waals surface area contributed by atoms with Gasteiger partial charge in [0.15, 0.2) is 0 Å². The van der Waals surface area contributed by atoms with E-state index in [0.29, 0.717) is 12.2 Å². The molecule has 0 aliphatic rings. The van der Waals surface area contributed by atoms with Gasteiger partial charge in [-0.1, -0.05) is 0 Å². The van der Waals surface area contributed by atoms with Crippen LogP contribution in [0.2, 0.25) is 0 Å². The van der Waals surface area contributed by atoms with Gasteiger partial charge < -0.3 is 17.0 Å². The van der Waals surface area contributed by atoms with Crippen molar-refractivity contribution in [3.63, 3.8) is 0 Å². The van der Waals surface area contributed by atoms with E-state index in [0.717, 1.165) is 18.3 Å². The van der Waals surface area contributed by atoms with Crippen LogP contribution in [0.25, 0.3) is 0 Å². The molecule has 4 heteroatoms. The topological polar surface area (TPSA) is 26.3 Å². The van der Waals surface area contributed by atoms with Crippen LogP contribution >= 0.6 is 0 Å². The Morgan fingerprint density at radius 3 is 2.77 bits per heavy atom. The number of esters is 1. The van der Waals surface area contributed by atoms with Crippen molar-refractivity contribution < 1.29 is 44.8 Å². The number of ether oxygens (including phenoxy) is 1. The molecule has 0 aliphatic heterocycles. The molecular weight excluding hydrogens is 285 g/mol. The molecule has 0 N–H and O–H groups in total. The first-order chi connectivity index (χ1) is 5.74. The number of benzene rings is 1. The van der Waals surface area contributed by atoms with E-state index >= 15 is 0 Å². The third-order valence-electron chi connectivity index (χ3n) is 1.44. The summed E-state index contributed by atoms with van der Waals surface area (Å²) in [5, 5.41) is 0. The number of halogens is 1. The molecule has 2 nitrogen and oxygen atoms in total. The predicted octanol–water partition coefficient (Wildman–Crippen LogP) is -1.96. The molecule has 0 spiro atoms. The van der Waals surface area contributed by atoms with Gasteiger partial charge in [-0.05, 0) is 0 Å². The average Bonchev–Trinajstić information content (AvgIpc) is 2.05. The van der Waals surface area contributed by atoms with E-state index in [4.69, 9.17) is 4.74 Å². The van der Waals surface area contributed by atoms with Crippen molar-refractivity contribution in [1.82, 2.24) is 0 Å². The molecule has 0 saturated heterocycles. The predicted molar refractivity (Wildman–Crippen MR) is 42.0 cm³/mol. The summed E-state index contributed by atoms with van der Waals surface area (Å²) in [5.74, 6) is -0.229. The van der Waals surface area contributed by atoms with Crippen molar-refractivity contribution in [2.24, 2.45) is 0 Å². The van der Waals surface area contributed by atoms with Crippen molar-refractivity contribution in [3.8, 4) is 0 Å². The third kappa shape index (κ3) is 4.01. The van der Waals surface area contributed by atoms with Gasteiger partial charge in [0.1, 0.15) is 0 Å². The molecule has 0 amide bonds. The van der Waals surface area contributed by atoms with Crippen molar-refractivity contribution >= 4 is 10.1 Å². The molecule has 1 aromatic rings. The molecule has 1 aromatic carbocycles. The summed E-state index contributed by atoms with van der Waals surface area (Å²) in [6.07, 6.45) is 0. The van der Waals surface area contributed by atoms with Gasteiger partial charge in [-0.3, -0.25) is 0 Å². The zero-order valence-electron chi connectivity index (χ0n) is 7.42. The maximum absolute atomic E-state index is 11.2. The Labute approximate surface area is 98.1 Å². The zero-order valence-corrected chi connectivity index (χ0v) is 12.0. The summed E-state index contributed by atoms with van der Waals surface area (Å²) >= 11 is 1.06. The van der Waals surface area contributed by atoms with Crippen LogP contribution in [0, 0.1) is 0 Å². The Morgan fingerprint density at radius 2 is 2.23 bits per heavy atom. The third-order valence-corrected chi connectivity index (χ3v) is 2.36. The summed E-state index contributed by atoms with van der Waals surface area (Å²) in [5.41, 5.74) is 0.653. The molecule has 0 aromatic heterocycles. The van der Waals surface area contributed by atoms with Crippen LogP contribution in [0.5, 0.6) is 0 Å². The molecule has 13 heavy (non-hydrogen) atoms. The van der Waals surface area contributed by atoms with Gasteiger partial charge in [-0.25, -0.2) is 0 Å². The Balaban J connectivity index is 0.00000144. The summed E-state index contributed by atoms with van der Waals surface area (Å²) in [6, 6.07) is 7.53. The minimum Gasteiger partial charge on any atom is -1.00 e. The van der Waals surface area contributed by atoms with E-state index in [1.165, 1.54) is 4.16 Å². The Morgan fingerprint density at radius 1 is 1.54 bits per heavy atom. The van der Waals surface area contributed by atoms with Crippen LogP contribution in [-0.2, 0) is 23.0 Å². The minimum absolute atomic E-state index is 0. The average molecular weight is 294 g/mol. The fraction of sp³-hybridized carbons (Fsp3) is 0.222. The van der Waals surface area contributed by atoms with E-state index in [-0.39, 0.29) is 23.0 Å². The molecule has 1 rings (SSSR count). The molecule has 0 atom stereocenters. The summed E-state index contributed by atoms with van der Waals surface area (Å²) in [6.45, 7) is 2.24. The van der Waals surface area contributed by atoms with Gasteiger partial charge in [0, 0.05) is 0 Å². The van der Waals surface area contributed by atoms with Crippen molar-refractivity contribution in [2.75, 3.05) is 6.61 Å². The van der Waals surface area contributed by atoms with E-state index in [2.05, 4.69) is 0 Å². The summed E-state index contributed by atoms with van der Waals surface area (Å²) < 4.78 is 6.05. The van der Waals surface area contributed by atoms with E-state index in [9.17, 15) is 4.79 Å². The van der Waals surface area contributed by atoms with Gasteiger partial charge in [0.05, 0.1) is 0 Å². The molecule has 0 bridgehead atoms. The molecule has 66 valence electrons. The minimum atomic E-state index is -0.229. The molecule has 0 fully saturated rings. The van der Waals surface area contributed by atoms with Crippen LogP contribution in [0.1, 0.15) is 17.3 Å². The fourth-order valence-corrected chi connectivity index (χ4v) is 1.66. The Bertz CT molecular complexity index is 289. The van der Waals surface area contributed by atoms with Crippen LogP contribution in [0.15, 0.2) is 24.3 Å². The first-order valence-electron chi connectivity index (χ1n) is 3.83. The van der Waals surface area contributed by atoms with Gasteiger partial charge in [0.2, 0.25) is 0 Å². The second-order valence-electron chi connectivity index (χ2n) is 2.42. The van der Waals surface area contributed by atoms with Gasteiger partial charge in [-0.15, -0.1) is 0 Å². The number of carbonyl (C=O) groups excluding carboxylic acids is 1. The van der Waals surface area contributed by atoms with E-state index in [1.54, 1.807) is 6.07 Å². The molecule has 0 saturated carbocycles. The molecule has 0 aliphatic carbocycles. The van der Waals surface area contributed by atoms with Gasteiger partial charge >= 0.3 is 81.3 Å². The fourth-order valence-electron chi connectivity index (χ4n) is 0.913. The largest absolute Gasteiger partial charge is 1.00 e. The second-order valence-corrected chi connectivity index (χ2v) is 4.13. The molecule has 0 radical (unpaired) electrons. The van der Waals surface area contributed by atoms with Crippen molar-refractivity contribution in [2.45, 2.75) is 6.92 Å². The number of hydrogen-bond acceptors (Lipinski definition) is 2. The molecule has 0 unspecified atom stereocenters. The first kappa shape index (κ1) is 12.8. The van der Waals surface area contributed by atoms with Gasteiger partial charge in [-0.2, -0.15) is 0 Å². The summed E-state index contributed by atoms with van der Waals surface area (Å²) in [4.78, 5) is 11.2. The SMILES string of the molecule is CCOC(=O)c1ccc[c]([Zn+])c1.[Br-]. The quantitative estimate of drug-likeness (QED) is 0.468. The van der Waals surface area contributed by atoms with E-state index in [1.807, 2.05) is 25.1 Å². The molecular formula is C9H9BrO2Zn. The Hall–Kier alpha value is -0.207. The van der Waals surface area contributed by atoms with Crippen LogP contribution < -0.4 is 21.1 Å². The second kappa shape index (κ2) is 6.28. The molecule has 0 heterocycles. The van der Waals surface area contributed by atoms with Crippen LogP contribution in [-0.4, -0.2) is 12.6 Å². The van der Waals surface area contributed by atoms with E-state index < -0.39 is 0 Å². The number of hydrogen-bond donors (Lipinski definition) is 0. The van der Waals surface area contributed by atoms with Crippen molar-refractivity contribution in [1.29, 1.82) is 0 Å². The Kier molecular flexibility index (Phi) is 6.18. The summed E-state index contributed by atoms with van der Waals surface area (Å²) in [7, 11) is 0. The van der Waals surface area contributed by atoms with Crippen LogP contribution in [0.3, 0.4) is 0 Å². The monoisotopic (exact) mass is 292 g/mol. The van der Waals surface area contributed by atoms with Gasteiger partial charge in [0.25, 0.3) is 0 Å². The first-order valence-corrected chi connectivity index (χ1v) is 5.31. The standard InChI is InChI=1S/C9H9O2.BrH.Zn/c1-2-11-9(10)8-6-4-3-5-7-8;;/h3-4,6-7H,2H2,1H3;1H;/q;;+1/p-1. The maximum atomic E-state index is 11.2. The number of carbonyl (C=O) groups is 1. The van der Waals surface area contributed by atoms with Crippen molar-refractivity contribution in [3.05, 3.63) is 29.8 Å².